The van der Waals surface area contributed by atoms with Crippen molar-refractivity contribution in [3.8, 4) is 22.9 Å². The average Bonchev–Trinajstić information content (AvgIpc) is 3.89. The van der Waals surface area contributed by atoms with Crippen LogP contribution in [0.25, 0.3) is 32.9 Å². The summed E-state index contributed by atoms with van der Waals surface area (Å²) in [4.78, 5) is 26.3. The molecule has 54 heavy (non-hydrogen) atoms. The summed E-state index contributed by atoms with van der Waals surface area (Å²) < 4.78 is 60.1. The van der Waals surface area contributed by atoms with E-state index in [9.17, 15) is 18.0 Å². The highest BCUT2D eigenvalue weighted by molar-refractivity contribution is 6.06. The Balaban J connectivity index is 1.23. The van der Waals surface area contributed by atoms with E-state index in [1.54, 1.807) is 13.3 Å². The second-order valence-corrected chi connectivity index (χ2v) is 15.9. The zero-order chi connectivity index (χ0) is 37.6. The van der Waals surface area contributed by atoms with E-state index in [-0.39, 0.29) is 35.1 Å². The molecule has 4 fully saturated rings. The van der Waals surface area contributed by atoms with Gasteiger partial charge in [0.15, 0.2) is 12.4 Å². The highest BCUT2D eigenvalue weighted by Gasteiger charge is 2.47. The van der Waals surface area contributed by atoms with E-state index in [0.717, 1.165) is 98.4 Å². The van der Waals surface area contributed by atoms with E-state index >= 15 is 0 Å². The van der Waals surface area contributed by atoms with Gasteiger partial charge in [0, 0.05) is 61.6 Å². The van der Waals surface area contributed by atoms with E-state index < -0.39 is 12.8 Å². The number of H-pyrrole nitrogens is 1. The molecule has 2 saturated heterocycles. The Morgan fingerprint density at radius 2 is 1.81 bits per heavy atom. The van der Waals surface area contributed by atoms with Crippen LogP contribution in [0.4, 0.5) is 19.0 Å². The number of fused-ring (bicyclic) bond motifs is 2. The molecule has 0 atom stereocenters. The molecule has 4 aliphatic rings. The molecule has 4 heterocycles. The topological polar surface area (TPSA) is 106 Å². The van der Waals surface area contributed by atoms with Crippen LogP contribution >= 0.6 is 0 Å². The van der Waals surface area contributed by atoms with Crippen molar-refractivity contribution < 1.29 is 32.2 Å². The number of piperidine rings is 1. The van der Waals surface area contributed by atoms with Crippen molar-refractivity contribution in [1.29, 1.82) is 0 Å². The summed E-state index contributed by atoms with van der Waals surface area (Å²) in [7, 11) is 1.73. The maximum atomic E-state index is 14.1. The van der Waals surface area contributed by atoms with Gasteiger partial charge in [0.2, 0.25) is 5.91 Å². The molecule has 1 N–H and O–H groups in total. The van der Waals surface area contributed by atoms with Gasteiger partial charge in [-0.15, -0.1) is 0 Å². The van der Waals surface area contributed by atoms with E-state index in [1.165, 1.54) is 6.08 Å². The van der Waals surface area contributed by atoms with Crippen LogP contribution < -0.4 is 14.4 Å². The Hall–Kier alpha value is -4.39. The van der Waals surface area contributed by atoms with E-state index in [2.05, 4.69) is 27.7 Å². The number of nitrogens with one attached hydrogen (secondary N) is 1. The first kappa shape index (κ1) is 36.6. The number of ether oxygens (including phenoxy) is 3. The highest BCUT2D eigenvalue weighted by Crippen LogP contribution is 2.53. The van der Waals surface area contributed by atoms with Gasteiger partial charge in [-0.2, -0.15) is 28.2 Å². The number of aromatic nitrogens is 4. The lowest BCUT2D eigenvalue weighted by Gasteiger charge is -2.54. The number of aryl methyl sites for hydroxylation is 1. The molecule has 4 aromatic rings. The number of aromatic amines is 1. The predicted octanol–water partition coefficient (Wildman–Crippen LogP) is 8.28. The lowest BCUT2D eigenvalue weighted by atomic mass is 9.72. The van der Waals surface area contributed by atoms with Crippen molar-refractivity contribution in [3.05, 3.63) is 48.2 Å². The van der Waals surface area contributed by atoms with Crippen LogP contribution in [-0.4, -0.2) is 89.8 Å². The number of hydrogen-bond donors (Lipinski definition) is 1. The van der Waals surface area contributed by atoms with Gasteiger partial charge < -0.3 is 24.0 Å². The second kappa shape index (κ2) is 14.7. The fourth-order valence-electron chi connectivity index (χ4n) is 9.00. The number of carbonyl (C=O) groups excluding carboxylic acids is 1. The van der Waals surface area contributed by atoms with Gasteiger partial charge in [-0.05, 0) is 118 Å². The second-order valence-electron chi connectivity index (χ2n) is 15.9. The number of alkyl halides is 3. The normalized spacial score (nSPS) is 21.4. The predicted molar refractivity (Wildman–Crippen MR) is 201 cm³/mol. The van der Waals surface area contributed by atoms with Crippen molar-refractivity contribution in [2.75, 3.05) is 51.4 Å². The summed E-state index contributed by atoms with van der Waals surface area (Å²) in [6.07, 6.45) is 7.88. The van der Waals surface area contributed by atoms with Crippen LogP contribution in [0.5, 0.6) is 11.8 Å². The minimum absolute atomic E-state index is 0.0351. The summed E-state index contributed by atoms with van der Waals surface area (Å²) >= 11 is 0. The van der Waals surface area contributed by atoms with E-state index in [1.807, 2.05) is 24.0 Å². The zero-order valence-electron chi connectivity index (χ0n) is 31.1. The molecule has 1 spiro atoms. The first-order chi connectivity index (χ1) is 26.0. The molecule has 2 aliphatic heterocycles. The number of methoxy groups -OCH3 is 1. The Kier molecular flexibility index (Phi) is 9.95. The largest absolute Gasteiger partial charge is 0.481 e. The SMILES string of the molecule is C=CC(=O)N1CC2(CCN(c3nc(OC4CCC(CCCOC)CC4)nc4c(OCC(F)(F)F)c(-c5c(C)ccc6[nH]ncc56)c(C5CC5)cc34)CC2)C1. The summed E-state index contributed by atoms with van der Waals surface area (Å²) in [5.41, 5.74) is 4.40. The molecule has 2 aliphatic carbocycles. The quantitative estimate of drug-likeness (QED) is 0.114. The lowest BCUT2D eigenvalue weighted by Crippen LogP contribution is -2.61. The van der Waals surface area contributed by atoms with Crippen molar-refractivity contribution in [1.82, 2.24) is 25.1 Å². The third kappa shape index (κ3) is 7.35. The molecule has 1 amide bonds. The maximum Gasteiger partial charge on any atom is 0.422 e. The molecule has 288 valence electrons. The monoisotopic (exact) mass is 746 g/mol. The first-order valence-corrected chi connectivity index (χ1v) is 19.4. The van der Waals surface area contributed by atoms with Crippen molar-refractivity contribution in [2.45, 2.75) is 89.3 Å². The van der Waals surface area contributed by atoms with Crippen molar-refractivity contribution >= 4 is 33.5 Å². The van der Waals surface area contributed by atoms with Gasteiger partial charge in [0.1, 0.15) is 17.4 Å². The average molecular weight is 747 g/mol. The summed E-state index contributed by atoms with van der Waals surface area (Å²) in [5.74, 6) is 1.48. The minimum Gasteiger partial charge on any atom is -0.481 e. The van der Waals surface area contributed by atoms with Crippen molar-refractivity contribution in [3.63, 3.8) is 0 Å². The zero-order valence-corrected chi connectivity index (χ0v) is 31.1. The Morgan fingerprint density at radius 3 is 2.50 bits per heavy atom. The number of carbonyl (C=O) groups is 1. The molecular weight excluding hydrogens is 697 g/mol. The fraction of sp³-hybridized carbons (Fsp3) is 0.561. The molecule has 2 aromatic carbocycles. The van der Waals surface area contributed by atoms with Crippen LogP contribution in [-0.2, 0) is 9.53 Å². The van der Waals surface area contributed by atoms with Gasteiger partial charge >= 0.3 is 12.2 Å². The first-order valence-electron chi connectivity index (χ1n) is 19.4. The van der Waals surface area contributed by atoms with Crippen LogP contribution in [0.1, 0.15) is 81.3 Å². The lowest BCUT2D eigenvalue weighted by molar-refractivity contribution is -0.153. The maximum absolute atomic E-state index is 14.1. The number of rotatable bonds is 12. The molecule has 13 heteroatoms. The Morgan fingerprint density at radius 1 is 1.06 bits per heavy atom. The van der Waals surface area contributed by atoms with Crippen LogP contribution in [0.15, 0.2) is 37.1 Å². The third-order valence-corrected chi connectivity index (χ3v) is 12.1. The Labute approximate surface area is 313 Å². The van der Waals surface area contributed by atoms with Gasteiger partial charge in [0.05, 0.1) is 11.7 Å². The number of likely N-dealkylation sites (tertiary alicyclic amines) is 1. The number of anilines is 1. The van der Waals surface area contributed by atoms with E-state index in [0.29, 0.717) is 54.4 Å². The number of amides is 1. The van der Waals surface area contributed by atoms with Crippen molar-refractivity contribution in [2.24, 2.45) is 11.3 Å². The number of nitrogens with zero attached hydrogens (tertiary/aromatic N) is 5. The molecule has 2 saturated carbocycles. The summed E-state index contributed by atoms with van der Waals surface area (Å²) in [5, 5.41) is 8.79. The third-order valence-electron chi connectivity index (χ3n) is 12.1. The van der Waals surface area contributed by atoms with Gasteiger partial charge in [-0.1, -0.05) is 12.6 Å². The minimum atomic E-state index is -4.57. The molecule has 0 unspecified atom stereocenters. The Bertz CT molecular complexity index is 2020. The van der Waals surface area contributed by atoms with E-state index in [4.69, 9.17) is 24.2 Å². The summed E-state index contributed by atoms with van der Waals surface area (Å²) in [6, 6.07) is 6.16. The summed E-state index contributed by atoms with van der Waals surface area (Å²) in [6.45, 7) is 7.66. The molecule has 10 nitrogen and oxygen atoms in total. The molecule has 8 rings (SSSR count). The number of hydrogen-bond acceptors (Lipinski definition) is 8. The van der Waals surface area contributed by atoms with Gasteiger partial charge in [-0.25, -0.2) is 0 Å². The van der Waals surface area contributed by atoms with Crippen LogP contribution in [0, 0.1) is 18.3 Å². The van der Waals surface area contributed by atoms with Crippen LogP contribution in [0.3, 0.4) is 0 Å². The molecular formula is C41H49F3N6O4. The van der Waals surface area contributed by atoms with Crippen LogP contribution in [0.2, 0.25) is 0 Å². The highest BCUT2D eigenvalue weighted by atomic mass is 19.4. The number of benzene rings is 2. The van der Waals surface area contributed by atoms with Gasteiger partial charge in [0.25, 0.3) is 0 Å². The smallest absolute Gasteiger partial charge is 0.422 e. The molecule has 0 radical (unpaired) electrons. The van der Waals surface area contributed by atoms with Gasteiger partial charge in [-0.3, -0.25) is 9.89 Å². The number of halogens is 3. The molecule has 2 aromatic heterocycles. The molecule has 0 bridgehead atoms. The standard InChI is InChI=1S/C41H49F3N6O4/c1-4-33(51)50-22-40(23-50)15-17-49(18-16-40)38-30-20-29(27-10-11-27)35(34-25(2)7-14-32-31(34)21-45-48-32)37(53-24-41(42,43)44)36(30)46-39(47-38)54-28-12-8-26(9-13-28)6-5-19-52-3/h4,7,14,20-21,26-28H,1,5-6,8-13,15-19,22-24H2,2-3H3,(H,45,48). The fourth-order valence-corrected chi connectivity index (χ4v) is 9.00.